The Morgan fingerprint density at radius 1 is 1.16 bits per heavy atom. The molecule has 0 aliphatic rings. The van der Waals surface area contributed by atoms with E-state index < -0.39 is 34.0 Å². The number of fused-ring (bicyclic) bond motifs is 1. The van der Waals surface area contributed by atoms with Gasteiger partial charge >= 0.3 is 0 Å². The fourth-order valence-electron chi connectivity index (χ4n) is 3.14. The number of carbonyl (C=O) groups excluding carboxylic acids is 1. The average Bonchev–Trinajstić information content (AvgIpc) is 3.22. The predicted molar refractivity (Wildman–Crippen MR) is 118 cm³/mol. The number of aromatic nitrogens is 4. The monoisotopic (exact) mass is 456 g/mol. The summed E-state index contributed by atoms with van der Waals surface area (Å²) in [6.45, 7) is 1.83. The summed E-state index contributed by atoms with van der Waals surface area (Å²) in [5.74, 6) is -2.48. The molecule has 0 aliphatic carbocycles. The van der Waals surface area contributed by atoms with Gasteiger partial charge in [-0.3, -0.25) is 9.78 Å². The van der Waals surface area contributed by atoms with Crippen molar-refractivity contribution in [2.75, 3.05) is 15.8 Å². The standard InChI is InChI=1S/C21H18F2N6O2S/c1-2-9-32(31)29-15-4-3-14(22)17(18(15)23)19(30)13-10-25-20-16(13)21(27-11-26-20)28-12-5-7-24-8-6-12/h3-8,10-11,29H,2,9H2,1H3,(H2,24,25,26,27,28). The lowest BCUT2D eigenvalue weighted by atomic mass is 10.0. The van der Waals surface area contributed by atoms with E-state index in [1.807, 2.05) is 6.92 Å². The number of rotatable bonds is 8. The van der Waals surface area contributed by atoms with Crippen molar-refractivity contribution in [3.8, 4) is 0 Å². The fourth-order valence-corrected chi connectivity index (χ4v) is 4.02. The maximum Gasteiger partial charge on any atom is 0.201 e. The third-order valence-corrected chi connectivity index (χ3v) is 5.82. The Labute approximate surface area is 184 Å². The molecule has 0 bridgehead atoms. The number of hydrogen-bond acceptors (Lipinski definition) is 6. The summed E-state index contributed by atoms with van der Waals surface area (Å²) in [6.07, 6.45) is 6.39. The van der Waals surface area contributed by atoms with Crippen LogP contribution in [0.25, 0.3) is 11.0 Å². The highest BCUT2D eigenvalue weighted by Gasteiger charge is 2.26. The van der Waals surface area contributed by atoms with Crippen molar-refractivity contribution in [2.45, 2.75) is 13.3 Å². The molecular formula is C21H18F2N6O2S. The quantitative estimate of drug-likeness (QED) is 0.344. The Hall–Kier alpha value is -3.73. The molecule has 4 aromatic rings. The van der Waals surface area contributed by atoms with Crippen LogP contribution in [0, 0.1) is 11.6 Å². The number of nitrogens with zero attached hydrogens (tertiary/aromatic N) is 3. The molecule has 0 saturated heterocycles. The van der Waals surface area contributed by atoms with Gasteiger partial charge in [0, 0.05) is 30.0 Å². The number of benzene rings is 1. The van der Waals surface area contributed by atoms with E-state index in [1.165, 1.54) is 12.5 Å². The zero-order valence-electron chi connectivity index (χ0n) is 16.9. The van der Waals surface area contributed by atoms with Gasteiger partial charge in [0.2, 0.25) is 5.78 Å². The van der Waals surface area contributed by atoms with Crippen LogP contribution in [0.2, 0.25) is 0 Å². The van der Waals surface area contributed by atoms with Crippen LogP contribution in [0.4, 0.5) is 26.0 Å². The Morgan fingerprint density at radius 3 is 2.69 bits per heavy atom. The molecule has 164 valence electrons. The normalized spacial score (nSPS) is 12.0. The molecular weight excluding hydrogens is 438 g/mol. The summed E-state index contributed by atoms with van der Waals surface area (Å²) < 4.78 is 44.1. The van der Waals surface area contributed by atoms with Crippen molar-refractivity contribution < 1.29 is 17.8 Å². The van der Waals surface area contributed by atoms with Gasteiger partial charge in [-0.05, 0) is 30.7 Å². The topological polar surface area (TPSA) is 113 Å². The van der Waals surface area contributed by atoms with E-state index in [0.717, 1.165) is 12.1 Å². The lowest BCUT2D eigenvalue weighted by molar-refractivity contribution is 0.103. The van der Waals surface area contributed by atoms with Crippen molar-refractivity contribution in [1.29, 1.82) is 0 Å². The SMILES string of the molecule is CCCS(=O)Nc1ccc(F)c(C(=O)c2c[nH]c3ncnc(Nc4ccncc4)c23)c1F. The zero-order valence-corrected chi connectivity index (χ0v) is 17.7. The number of H-pyrrole nitrogens is 1. The molecule has 0 saturated carbocycles. The van der Waals surface area contributed by atoms with Crippen molar-refractivity contribution in [3.05, 3.63) is 71.9 Å². The lowest BCUT2D eigenvalue weighted by Gasteiger charge is -2.11. The van der Waals surface area contributed by atoms with E-state index in [-0.39, 0.29) is 28.2 Å². The van der Waals surface area contributed by atoms with Crippen LogP contribution in [0.15, 0.2) is 49.2 Å². The van der Waals surface area contributed by atoms with E-state index in [0.29, 0.717) is 17.8 Å². The van der Waals surface area contributed by atoms with Crippen LogP contribution in [0.5, 0.6) is 0 Å². The number of carbonyl (C=O) groups is 1. The number of ketones is 1. The number of nitrogens with one attached hydrogen (secondary N) is 3. The maximum atomic E-state index is 15.1. The van der Waals surface area contributed by atoms with Gasteiger partial charge in [0.15, 0.2) is 5.82 Å². The van der Waals surface area contributed by atoms with Gasteiger partial charge in [-0.1, -0.05) is 6.92 Å². The number of aromatic amines is 1. The second-order valence-electron chi connectivity index (χ2n) is 6.77. The smallest absolute Gasteiger partial charge is 0.201 e. The third kappa shape index (κ3) is 4.19. The number of anilines is 3. The highest BCUT2D eigenvalue weighted by Crippen LogP contribution is 2.30. The van der Waals surface area contributed by atoms with Crippen molar-refractivity contribution in [3.63, 3.8) is 0 Å². The fraction of sp³-hybridized carbons (Fsp3) is 0.143. The molecule has 4 rings (SSSR count). The van der Waals surface area contributed by atoms with E-state index >= 15 is 4.39 Å². The molecule has 0 aliphatic heterocycles. The maximum absolute atomic E-state index is 15.1. The Kier molecular flexibility index (Phi) is 6.17. The summed E-state index contributed by atoms with van der Waals surface area (Å²) in [6, 6.07) is 5.48. The lowest BCUT2D eigenvalue weighted by Crippen LogP contribution is -2.13. The first-order valence-electron chi connectivity index (χ1n) is 9.66. The summed E-state index contributed by atoms with van der Waals surface area (Å²) in [5, 5.41) is 3.34. The minimum atomic E-state index is -1.56. The Morgan fingerprint density at radius 2 is 1.94 bits per heavy atom. The van der Waals surface area contributed by atoms with Gasteiger partial charge in [-0.25, -0.2) is 23.0 Å². The van der Waals surface area contributed by atoms with Gasteiger partial charge in [0.1, 0.15) is 34.6 Å². The molecule has 0 fully saturated rings. The highest BCUT2D eigenvalue weighted by molar-refractivity contribution is 7.86. The summed E-state index contributed by atoms with van der Waals surface area (Å²) in [5.41, 5.74) is -0.0155. The number of halogens is 2. The minimum Gasteiger partial charge on any atom is -0.345 e. The molecule has 8 nitrogen and oxygen atoms in total. The molecule has 1 aromatic carbocycles. The van der Waals surface area contributed by atoms with Crippen LogP contribution in [0.3, 0.4) is 0 Å². The third-order valence-electron chi connectivity index (χ3n) is 4.59. The summed E-state index contributed by atoms with van der Waals surface area (Å²) in [7, 11) is -1.56. The minimum absolute atomic E-state index is 0.0122. The first-order chi connectivity index (χ1) is 15.5. The Balaban J connectivity index is 1.77. The molecule has 0 radical (unpaired) electrons. The highest BCUT2D eigenvalue weighted by atomic mass is 32.2. The van der Waals surface area contributed by atoms with Crippen LogP contribution in [0.1, 0.15) is 29.3 Å². The molecule has 0 amide bonds. The van der Waals surface area contributed by atoms with E-state index in [1.54, 1.807) is 24.5 Å². The van der Waals surface area contributed by atoms with Gasteiger partial charge in [0.25, 0.3) is 0 Å². The first kappa shape index (κ1) is 21.5. The molecule has 0 spiro atoms. The second kappa shape index (κ2) is 9.18. The molecule has 11 heteroatoms. The van der Waals surface area contributed by atoms with Crippen LogP contribution < -0.4 is 10.0 Å². The molecule has 3 N–H and O–H groups in total. The average molecular weight is 456 g/mol. The van der Waals surface area contributed by atoms with Gasteiger partial charge < -0.3 is 15.0 Å². The number of pyridine rings is 1. The van der Waals surface area contributed by atoms with Crippen LogP contribution in [-0.4, -0.2) is 35.7 Å². The molecule has 1 atom stereocenters. The molecule has 3 heterocycles. The first-order valence-corrected chi connectivity index (χ1v) is 11.0. The molecule has 3 aromatic heterocycles. The van der Waals surface area contributed by atoms with Gasteiger partial charge in [0.05, 0.1) is 22.2 Å². The summed E-state index contributed by atoms with van der Waals surface area (Å²) in [4.78, 5) is 28.3. The Bertz CT molecular complexity index is 1310. The van der Waals surface area contributed by atoms with E-state index in [9.17, 15) is 13.4 Å². The number of hydrogen-bond donors (Lipinski definition) is 3. The summed E-state index contributed by atoms with van der Waals surface area (Å²) >= 11 is 0. The van der Waals surface area contributed by atoms with Crippen molar-refractivity contribution >= 4 is 45.0 Å². The van der Waals surface area contributed by atoms with Crippen molar-refractivity contribution in [1.82, 2.24) is 19.9 Å². The van der Waals surface area contributed by atoms with Crippen molar-refractivity contribution in [2.24, 2.45) is 0 Å². The predicted octanol–water partition coefficient (Wildman–Crippen LogP) is 4.09. The zero-order chi connectivity index (χ0) is 22.7. The largest absolute Gasteiger partial charge is 0.345 e. The molecule has 1 unspecified atom stereocenters. The van der Waals surface area contributed by atoms with Crippen LogP contribution in [-0.2, 0) is 11.0 Å². The van der Waals surface area contributed by atoms with Crippen LogP contribution >= 0.6 is 0 Å². The van der Waals surface area contributed by atoms with E-state index in [2.05, 4.69) is 30.0 Å². The van der Waals surface area contributed by atoms with Gasteiger partial charge in [-0.15, -0.1) is 0 Å². The molecule has 32 heavy (non-hydrogen) atoms. The van der Waals surface area contributed by atoms with E-state index in [4.69, 9.17) is 0 Å². The second-order valence-corrected chi connectivity index (χ2v) is 8.08. The van der Waals surface area contributed by atoms with Gasteiger partial charge in [-0.2, -0.15) is 0 Å².